The zero-order chi connectivity index (χ0) is 18.7. The molecule has 8 nitrogen and oxygen atoms in total. The number of rotatable bonds is 5. The molecule has 1 saturated heterocycles. The van der Waals surface area contributed by atoms with Gasteiger partial charge in [0.15, 0.2) is 0 Å². The van der Waals surface area contributed by atoms with Crippen LogP contribution in [-0.4, -0.2) is 51.1 Å². The van der Waals surface area contributed by atoms with Crippen LogP contribution in [-0.2, 0) is 0 Å². The second-order valence-electron chi connectivity index (χ2n) is 6.69. The number of amides is 2. The molecule has 1 aliphatic heterocycles. The Balaban J connectivity index is 1.58. The third-order valence-electron chi connectivity index (χ3n) is 4.41. The fourth-order valence-electron chi connectivity index (χ4n) is 3.07. The van der Waals surface area contributed by atoms with E-state index in [4.69, 9.17) is 10.5 Å². The van der Waals surface area contributed by atoms with Crippen molar-refractivity contribution in [2.24, 2.45) is 5.73 Å². The van der Waals surface area contributed by atoms with Gasteiger partial charge in [0.05, 0.1) is 11.7 Å². The maximum Gasteiger partial charge on any atom is 0.269 e. The monoisotopic (exact) mass is 357 g/mol. The number of nitrogens with one attached hydrogen (secondary N) is 1. The molecule has 0 spiro atoms. The molecule has 1 fully saturated rings. The van der Waals surface area contributed by atoms with Crippen molar-refractivity contribution in [3.05, 3.63) is 41.3 Å². The van der Waals surface area contributed by atoms with Gasteiger partial charge in [0, 0.05) is 37.0 Å². The van der Waals surface area contributed by atoms with Crippen molar-refractivity contribution in [2.45, 2.75) is 38.7 Å². The Morgan fingerprint density at radius 1 is 1.31 bits per heavy atom. The molecule has 3 N–H and O–H groups in total. The van der Waals surface area contributed by atoms with Crippen LogP contribution >= 0.6 is 0 Å². The largest absolute Gasteiger partial charge is 0.475 e. The number of carbonyl (C=O) groups excluding carboxylic acids is 2. The molecule has 2 aromatic rings. The molecule has 8 heteroatoms. The highest BCUT2D eigenvalue weighted by Crippen LogP contribution is 2.27. The SMILES string of the molecule is CC(C)Oc1ccc(C(=O)N2CCC(c3cc(C(N)=O)n[nH]3)CC2)cn1. The Labute approximate surface area is 151 Å². The van der Waals surface area contributed by atoms with Crippen LogP contribution in [0.15, 0.2) is 24.4 Å². The molecule has 0 atom stereocenters. The van der Waals surface area contributed by atoms with E-state index in [-0.39, 0.29) is 23.6 Å². The number of aromatic amines is 1. The number of pyridine rings is 1. The van der Waals surface area contributed by atoms with Gasteiger partial charge >= 0.3 is 0 Å². The normalized spacial score (nSPS) is 15.3. The first kappa shape index (κ1) is 17.9. The van der Waals surface area contributed by atoms with Gasteiger partial charge in [0.25, 0.3) is 11.8 Å². The summed E-state index contributed by atoms with van der Waals surface area (Å²) >= 11 is 0. The lowest BCUT2D eigenvalue weighted by Crippen LogP contribution is -2.38. The van der Waals surface area contributed by atoms with Crippen LogP contribution in [0, 0.1) is 0 Å². The molecule has 1 aliphatic rings. The zero-order valence-electron chi connectivity index (χ0n) is 14.9. The summed E-state index contributed by atoms with van der Waals surface area (Å²) in [5.41, 5.74) is 6.92. The maximum atomic E-state index is 12.6. The van der Waals surface area contributed by atoms with Crippen molar-refractivity contribution in [2.75, 3.05) is 13.1 Å². The van der Waals surface area contributed by atoms with Crippen LogP contribution in [0.2, 0.25) is 0 Å². The number of likely N-dealkylation sites (tertiary alicyclic amines) is 1. The van der Waals surface area contributed by atoms with Crippen LogP contribution < -0.4 is 10.5 Å². The number of piperidine rings is 1. The number of ether oxygens (including phenoxy) is 1. The molecular weight excluding hydrogens is 334 g/mol. The summed E-state index contributed by atoms with van der Waals surface area (Å²) in [6.45, 7) is 5.13. The molecule has 0 unspecified atom stereocenters. The van der Waals surface area contributed by atoms with E-state index in [1.165, 1.54) is 0 Å². The minimum Gasteiger partial charge on any atom is -0.475 e. The lowest BCUT2D eigenvalue weighted by atomic mass is 9.93. The number of hydrogen-bond donors (Lipinski definition) is 2. The summed E-state index contributed by atoms with van der Waals surface area (Å²) < 4.78 is 5.50. The third kappa shape index (κ3) is 4.01. The van der Waals surface area contributed by atoms with E-state index in [1.54, 1.807) is 24.4 Å². The molecule has 0 radical (unpaired) electrons. The predicted molar refractivity (Wildman–Crippen MR) is 95.0 cm³/mol. The number of nitrogens with zero attached hydrogens (tertiary/aromatic N) is 3. The summed E-state index contributed by atoms with van der Waals surface area (Å²) in [5, 5.41) is 6.80. The van der Waals surface area contributed by atoms with Crippen LogP contribution in [0.1, 0.15) is 59.1 Å². The number of carbonyl (C=O) groups is 2. The van der Waals surface area contributed by atoms with Gasteiger partial charge in [-0.1, -0.05) is 0 Å². The van der Waals surface area contributed by atoms with E-state index in [9.17, 15) is 9.59 Å². The smallest absolute Gasteiger partial charge is 0.269 e. The fourth-order valence-corrected chi connectivity index (χ4v) is 3.07. The molecular formula is C18H23N5O3. The molecule has 0 aliphatic carbocycles. The van der Waals surface area contributed by atoms with Crippen LogP contribution in [0.25, 0.3) is 0 Å². The molecule has 3 heterocycles. The molecule has 0 saturated carbocycles. The summed E-state index contributed by atoms with van der Waals surface area (Å²) in [5.74, 6) is 0.173. The van der Waals surface area contributed by atoms with Crippen molar-refractivity contribution >= 4 is 11.8 Å². The zero-order valence-corrected chi connectivity index (χ0v) is 14.9. The number of H-pyrrole nitrogens is 1. The van der Waals surface area contributed by atoms with Crippen LogP contribution in [0.4, 0.5) is 0 Å². The van der Waals surface area contributed by atoms with Gasteiger partial charge in [-0.3, -0.25) is 14.7 Å². The summed E-state index contributed by atoms with van der Waals surface area (Å²) in [6, 6.07) is 5.16. The van der Waals surface area contributed by atoms with E-state index in [1.807, 2.05) is 18.7 Å². The average Bonchev–Trinajstić information content (AvgIpc) is 3.12. The number of aromatic nitrogens is 3. The summed E-state index contributed by atoms with van der Waals surface area (Å²) in [4.78, 5) is 29.8. The van der Waals surface area contributed by atoms with Crippen LogP contribution in [0.5, 0.6) is 5.88 Å². The topological polar surface area (TPSA) is 114 Å². The lowest BCUT2D eigenvalue weighted by Gasteiger charge is -2.31. The second-order valence-corrected chi connectivity index (χ2v) is 6.69. The highest BCUT2D eigenvalue weighted by Gasteiger charge is 2.26. The summed E-state index contributed by atoms with van der Waals surface area (Å²) in [6.07, 6.45) is 3.20. The minimum absolute atomic E-state index is 0.0329. The van der Waals surface area contributed by atoms with E-state index in [0.717, 1.165) is 18.5 Å². The Morgan fingerprint density at radius 2 is 2.04 bits per heavy atom. The standard InChI is InChI=1S/C18H23N5O3/c1-11(2)26-16-4-3-13(10-20-16)18(25)23-7-5-12(6-8-23)14-9-15(17(19)24)22-21-14/h3-4,9-12H,5-8H2,1-2H3,(H2,19,24)(H,21,22). The number of hydrogen-bond acceptors (Lipinski definition) is 5. The minimum atomic E-state index is -0.544. The molecule has 0 aromatic carbocycles. The molecule has 2 amide bonds. The first-order chi connectivity index (χ1) is 12.4. The first-order valence-electron chi connectivity index (χ1n) is 8.71. The second kappa shape index (κ2) is 7.55. The van der Waals surface area contributed by atoms with Crippen molar-refractivity contribution in [1.82, 2.24) is 20.1 Å². The maximum absolute atomic E-state index is 12.6. The van der Waals surface area contributed by atoms with Crippen molar-refractivity contribution in [1.29, 1.82) is 0 Å². The fraction of sp³-hybridized carbons (Fsp3) is 0.444. The first-order valence-corrected chi connectivity index (χ1v) is 8.71. The predicted octanol–water partition coefficient (Wildman–Crippen LogP) is 1.71. The van der Waals surface area contributed by atoms with Gasteiger partial charge < -0.3 is 15.4 Å². The molecule has 0 bridgehead atoms. The van der Waals surface area contributed by atoms with Crippen molar-refractivity contribution < 1.29 is 14.3 Å². The lowest BCUT2D eigenvalue weighted by molar-refractivity contribution is 0.0711. The Hall–Kier alpha value is -2.90. The van der Waals surface area contributed by atoms with Gasteiger partial charge in [-0.2, -0.15) is 5.10 Å². The van der Waals surface area contributed by atoms with E-state index < -0.39 is 5.91 Å². The average molecular weight is 357 g/mol. The van der Waals surface area contributed by atoms with Gasteiger partial charge in [-0.05, 0) is 38.8 Å². The highest BCUT2D eigenvalue weighted by molar-refractivity contribution is 5.94. The third-order valence-corrected chi connectivity index (χ3v) is 4.41. The summed E-state index contributed by atoms with van der Waals surface area (Å²) in [7, 11) is 0. The van der Waals surface area contributed by atoms with Crippen molar-refractivity contribution in [3.8, 4) is 5.88 Å². The van der Waals surface area contributed by atoms with E-state index in [0.29, 0.717) is 24.5 Å². The van der Waals surface area contributed by atoms with Crippen molar-refractivity contribution in [3.63, 3.8) is 0 Å². The van der Waals surface area contributed by atoms with Gasteiger partial charge in [-0.25, -0.2) is 4.98 Å². The molecule has 2 aromatic heterocycles. The Morgan fingerprint density at radius 3 is 2.58 bits per heavy atom. The quantitative estimate of drug-likeness (QED) is 0.845. The van der Waals surface area contributed by atoms with Gasteiger partial charge in [0.1, 0.15) is 5.69 Å². The Kier molecular flexibility index (Phi) is 5.20. The van der Waals surface area contributed by atoms with Crippen LogP contribution in [0.3, 0.4) is 0 Å². The number of nitrogens with two attached hydrogens (primary N) is 1. The molecule has 138 valence electrons. The van der Waals surface area contributed by atoms with E-state index in [2.05, 4.69) is 15.2 Å². The molecule has 3 rings (SSSR count). The number of primary amides is 1. The highest BCUT2D eigenvalue weighted by atomic mass is 16.5. The van der Waals surface area contributed by atoms with Gasteiger partial charge in [-0.15, -0.1) is 0 Å². The van der Waals surface area contributed by atoms with E-state index >= 15 is 0 Å². The molecule has 26 heavy (non-hydrogen) atoms. The van der Waals surface area contributed by atoms with Gasteiger partial charge in [0.2, 0.25) is 5.88 Å². The Bertz CT molecular complexity index is 776.